The van der Waals surface area contributed by atoms with E-state index in [1.165, 1.54) is 6.07 Å². The van der Waals surface area contributed by atoms with Crippen LogP contribution < -0.4 is 0 Å². The van der Waals surface area contributed by atoms with Crippen LogP contribution in [0.2, 0.25) is 0 Å². The lowest BCUT2D eigenvalue weighted by Gasteiger charge is -2.42. The van der Waals surface area contributed by atoms with E-state index in [2.05, 4.69) is 16.7 Å². The number of aliphatic hydroxyl groups is 2. The standard InChI is InChI=1S/C17H27FN2O2/c1-3-14-11-19(8-9-20(14)10-13(2)21)12-17(22)15-6-4-5-7-16(15)18/h4-7,13-14,17,21-22H,3,8-12H2,1-2H3/t13-,14-,17+/m1/s1. The largest absolute Gasteiger partial charge is 0.392 e. The van der Waals surface area contributed by atoms with Crippen molar-refractivity contribution >= 4 is 0 Å². The Morgan fingerprint density at radius 3 is 2.59 bits per heavy atom. The molecule has 1 aliphatic rings. The number of hydrogen-bond acceptors (Lipinski definition) is 4. The first-order chi connectivity index (χ1) is 10.5. The predicted octanol–water partition coefficient (Wildman–Crippen LogP) is 1.64. The predicted molar refractivity (Wildman–Crippen MR) is 85.1 cm³/mol. The third kappa shape index (κ3) is 4.49. The molecule has 0 amide bonds. The van der Waals surface area contributed by atoms with Gasteiger partial charge in [0, 0.05) is 44.3 Å². The van der Waals surface area contributed by atoms with E-state index >= 15 is 0 Å². The van der Waals surface area contributed by atoms with Crippen molar-refractivity contribution in [1.29, 1.82) is 0 Å². The van der Waals surface area contributed by atoms with E-state index < -0.39 is 6.10 Å². The lowest BCUT2D eigenvalue weighted by molar-refractivity contribution is 0.0165. The summed E-state index contributed by atoms with van der Waals surface area (Å²) in [7, 11) is 0. The van der Waals surface area contributed by atoms with E-state index in [9.17, 15) is 14.6 Å². The highest BCUT2D eigenvalue weighted by Crippen LogP contribution is 2.20. The average Bonchev–Trinajstić information content (AvgIpc) is 2.48. The number of rotatable bonds is 6. The summed E-state index contributed by atoms with van der Waals surface area (Å²) >= 11 is 0. The Morgan fingerprint density at radius 2 is 1.95 bits per heavy atom. The van der Waals surface area contributed by atoms with Gasteiger partial charge in [-0.3, -0.25) is 9.80 Å². The fraction of sp³-hybridized carbons (Fsp3) is 0.647. The average molecular weight is 310 g/mol. The third-order valence-electron chi connectivity index (χ3n) is 4.35. The molecule has 0 aromatic heterocycles. The maximum Gasteiger partial charge on any atom is 0.129 e. The highest BCUT2D eigenvalue weighted by molar-refractivity contribution is 5.20. The molecule has 1 aromatic rings. The van der Waals surface area contributed by atoms with Crippen LogP contribution in [0.5, 0.6) is 0 Å². The molecule has 124 valence electrons. The Bertz CT molecular complexity index is 470. The summed E-state index contributed by atoms with van der Waals surface area (Å²) in [5.74, 6) is -0.352. The Hall–Kier alpha value is -1.01. The molecule has 4 nitrogen and oxygen atoms in total. The lowest BCUT2D eigenvalue weighted by atomic mass is 10.1. The molecule has 1 fully saturated rings. The molecule has 1 saturated heterocycles. The van der Waals surface area contributed by atoms with Crippen molar-refractivity contribution in [3.63, 3.8) is 0 Å². The van der Waals surface area contributed by atoms with Gasteiger partial charge in [-0.05, 0) is 19.4 Å². The molecular formula is C17H27FN2O2. The number of halogens is 1. The fourth-order valence-electron chi connectivity index (χ4n) is 3.18. The number of nitrogens with zero attached hydrogens (tertiary/aromatic N) is 2. The number of aliphatic hydroxyl groups excluding tert-OH is 2. The van der Waals surface area contributed by atoms with Crippen LogP contribution in [0.3, 0.4) is 0 Å². The molecular weight excluding hydrogens is 283 g/mol. The molecule has 2 N–H and O–H groups in total. The molecule has 1 heterocycles. The first-order valence-corrected chi connectivity index (χ1v) is 8.08. The molecule has 1 aliphatic heterocycles. The number of hydrogen-bond donors (Lipinski definition) is 2. The molecule has 0 spiro atoms. The van der Waals surface area contributed by atoms with Crippen molar-refractivity contribution in [1.82, 2.24) is 9.80 Å². The molecule has 3 atom stereocenters. The number of benzene rings is 1. The highest BCUT2D eigenvalue weighted by Gasteiger charge is 2.28. The number of piperazine rings is 1. The van der Waals surface area contributed by atoms with Crippen LogP contribution in [0, 0.1) is 5.82 Å². The van der Waals surface area contributed by atoms with Crippen LogP contribution >= 0.6 is 0 Å². The second-order valence-electron chi connectivity index (χ2n) is 6.20. The third-order valence-corrected chi connectivity index (χ3v) is 4.35. The Morgan fingerprint density at radius 1 is 1.23 bits per heavy atom. The minimum atomic E-state index is -0.804. The fourth-order valence-corrected chi connectivity index (χ4v) is 3.18. The van der Waals surface area contributed by atoms with Crippen LogP contribution in [0.4, 0.5) is 4.39 Å². The quantitative estimate of drug-likeness (QED) is 0.838. The molecule has 0 unspecified atom stereocenters. The summed E-state index contributed by atoms with van der Waals surface area (Å²) in [6.45, 7) is 7.61. The van der Waals surface area contributed by atoms with Gasteiger partial charge in [-0.15, -0.1) is 0 Å². The summed E-state index contributed by atoms with van der Waals surface area (Å²) in [6.07, 6.45) is -0.134. The van der Waals surface area contributed by atoms with Crippen molar-refractivity contribution in [2.75, 3.05) is 32.7 Å². The summed E-state index contributed by atoms with van der Waals surface area (Å²) in [4.78, 5) is 4.49. The summed E-state index contributed by atoms with van der Waals surface area (Å²) in [6, 6.07) is 6.77. The van der Waals surface area contributed by atoms with Crippen LogP contribution in [0.1, 0.15) is 31.9 Å². The maximum absolute atomic E-state index is 13.7. The molecule has 5 heteroatoms. The van der Waals surface area contributed by atoms with Gasteiger partial charge in [0.15, 0.2) is 0 Å². The topological polar surface area (TPSA) is 46.9 Å². The van der Waals surface area contributed by atoms with Gasteiger partial charge in [-0.25, -0.2) is 4.39 Å². The van der Waals surface area contributed by atoms with Crippen LogP contribution in [0.15, 0.2) is 24.3 Å². The van der Waals surface area contributed by atoms with Crippen molar-refractivity contribution < 1.29 is 14.6 Å². The molecule has 0 saturated carbocycles. The Kier molecular flexibility index (Phi) is 6.32. The Balaban J connectivity index is 1.93. The first-order valence-electron chi connectivity index (χ1n) is 8.08. The van der Waals surface area contributed by atoms with Gasteiger partial charge in [0.2, 0.25) is 0 Å². The van der Waals surface area contributed by atoms with E-state index in [-0.39, 0.29) is 11.9 Å². The second-order valence-corrected chi connectivity index (χ2v) is 6.20. The van der Waals surface area contributed by atoms with Crippen molar-refractivity contribution in [3.8, 4) is 0 Å². The van der Waals surface area contributed by atoms with E-state index in [1.807, 2.05) is 0 Å². The van der Waals surface area contributed by atoms with Crippen LogP contribution in [-0.2, 0) is 0 Å². The van der Waals surface area contributed by atoms with E-state index in [4.69, 9.17) is 0 Å². The Labute approximate surface area is 132 Å². The molecule has 22 heavy (non-hydrogen) atoms. The van der Waals surface area contributed by atoms with Crippen molar-refractivity contribution in [2.24, 2.45) is 0 Å². The van der Waals surface area contributed by atoms with Gasteiger partial charge in [0.25, 0.3) is 0 Å². The van der Waals surface area contributed by atoms with Gasteiger partial charge in [0.05, 0.1) is 12.2 Å². The van der Waals surface area contributed by atoms with Gasteiger partial charge in [0.1, 0.15) is 5.82 Å². The van der Waals surface area contributed by atoms with Crippen LogP contribution in [0.25, 0.3) is 0 Å². The monoisotopic (exact) mass is 310 g/mol. The van der Waals surface area contributed by atoms with E-state index in [1.54, 1.807) is 25.1 Å². The zero-order valence-corrected chi connectivity index (χ0v) is 13.5. The van der Waals surface area contributed by atoms with Crippen molar-refractivity contribution in [2.45, 2.75) is 38.5 Å². The molecule has 2 rings (SSSR count). The van der Waals surface area contributed by atoms with Gasteiger partial charge in [-0.2, -0.15) is 0 Å². The van der Waals surface area contributed by atoms with Gasteiger partial charge in [-0.1, -0.05) is 25.1 Å². The van der Waals surface area contributed by atoms with E-state index in [0.717, 1.165) is 26.1 Å². The van der Waals surface area contributed by atoms with Crippen LogP contribution in [-0.4, -0.2) is 64.9 Å². The first kappa shape index (κ1) is 17.3. The highest BCUT2D eigenvalue weighted by atomic mass is 19.1. The smallest absolute Gasteiger partial charge is 0.129 e. The summed E-state index contributed by atoms with van der Waals surface area (Å²) < 4.78 is 13.7. The maximum atomic E-state index is 13.7. The number of β-amino-alcohol motifs (C(OH)–C–C–N with tert-alkyl or cyclic N) is 2. The minimum Gasteiger partial charge on any atom is -0.392 e. The van der Waals surface area contributed by atoms with Gasteiger partial charge >= 0.3 is 0 Å². The van der Waals surface area contributed by atoms with E-state index in [0.29, 0.717) is 24.7 Å². The van der Waals surface area contributed by atoms with Crippen molar-refractivity contribution in [3.05, 3.63) is 35.6 Å². The lowest BCUT2D eigenvalue weighted by Crippen LogP contribution is -2.55. The molecule has 0 radical (unpaired) electrons. The zero-order valence-electron chi connectivity index (χ0n) is 13.5. The molecule has 1 aromatic carbocycles. The molecule has 0 bridgehead atoms. The molecule has 0 aliphatic carbocycles. The summed E-state index contributed by atoms with van der Waals surface area (Å²) in [5, 5.41) is 19.9. The summed E-state index contributed by atoms with van der Waals surface area (Å²) in [5.41, 5.74) is 0.363. The normalized spacial score (nSPS) is 23.4. The SMILES string of the molecule is CC[C@@H]1CN(C[C@H](O)c2ccccc2F)CCN1C[C@@H](C)O. The zero-order chi connectivity index (χ0) is 16.1. The minimum absolute atomic E-state index is 0.329. The second kappa shape index (κ2) is 8.02. The van der Waals surface area contributed by atoms with Gasteiger partial charge < -0.3 is 10.2 Å².